The second-order valence-corrected chi connectivity index (χ2v) is 3.22. The van der Waals surface area contributed by atoms with Crippen LogP contribution in [-0.4, -0.2) is 19.7 Å². The number of rotatable bonds is 5. The molecular weight excluding hydrogens is 208 g/mol. The summed E-state index contributed by atoms with van der Waals surface area (Å²) in [4.78, 5) is 10.7. The highest BCUT2D eigenvalue weighted by molar-refractivity contribution is 5.90. The Bertz CT molecular complexity index is 487. The second kappa shape index (κ2) is 4.81. The summed E-state index contributed by atoms with van der Waals surface area (Å²) in [6.07, 6.45) is 2.32. The van der Waals surface area contributed by atoms with E-state index < -0.39 is 0 Å². The number of benzene rings is 1. The SMILES string of the molecule is CCOCOc1cc(C=O)cc2occc12. The Kier molecular flexibility index (Phi) is 3.22. The van der Waals surface area contributed by atoms with Gasteiger partial charge >= 0.3 is 0 Å². The average Bonchev–Trinajstić information content (AvgIpc) is 2.77. The third-order valence-corrected chi connectivity index (χ3v) is 2.19. The molecule has 0 fully saturated rings. The fourth-order valence-corrected chi connectivity index (χ4v) is 1.43. The van der Waals surface area contributed by atoms with E-state index in [0.717, 1.165) is 11.7 Å². The molecule has 1 aromatic carbocycles. The van der Waals surface area contributed by atoms with Crippen LogP contribution in [-0.2, 0) is 4.74 Å². The molecule has 0 unspecified atom stereocenters. The fourth-order valence-electron chi connectivity index (χ4n) is 1.43. The minimum Gasteiger partial charge on any atom is -0.467 e. The largest absolute Gasteiger partial charge is 0.467 e. The lowest BCUT2D eigenvalue weighted by atomic mass is 10.1. The molecule has 0 saturated carbocycles. The molecule has 4 nitrogen and oxygen atoms in total. The summed E-state index contributed by atoms with van der Waals surface area (Å²) in [5, 5.41) is 0.838. The second-order valence-electron chi connectivity index (χ2n) is 3.22. The number of furan rings is 1. The molecule has 0 aliphatic carbocycles. The average molecular weight is 220 g/mol. The number of hydrogen-bond donors (Lipinski definition) is 0. The van der Waals surface area contributed by atoms with Gasteiger partial charge in [0, 0.05) is 12.2 Å². The van der Waals surface area contributed by atoms with Gasteiger partial charge in [-0.05, 0) is 25.1 Å². The van der Waals surface area contributed by atoms with E-state index in [4.69, 9.17) is 13.9 Å². The minimum atomic E-state index is 0.166. The lowest BCUT2D eigenvalue weighted by Gasteiger charge is -2.07. The molecule has 0 saturated heterocycles. The molecule has 0 N–H and O–H groups in total. The van der Waals surface area contributed by atoms with E-state index in [0.29, 0.717) is 23.5 Å². The maximum atomic E-state index is 10.7. The van der Waals surface area contributed by atoms with Crippen molar-refractivity contribution < 1.29 is 18.7 Å². The van der Waals surface area contributed by atoms with Gasteiger partial charge in [0.15, 0.2) is 6.79 Å². The number of fused-ring (bicyclic) bond motifs is 1. The van der Waals surface area contributed by atoms with Crippen LogP contribution in [0, 0.1) is 0 Å². The van der Waals surface area contributed by atoms with Crippen molar-refractivity contribution in [2.75, 3.05) is 13.4 Å². The van der Waals surface area contributed by atoms with Crippen molar-refractivity contribution in [1.29, 1.82) is 0 Å². The molecule has 16 heavy (non-hydrogen) atoms. The van der Waals surface area contributed by atoms with E-state index in [2.05, 4.69) is 0 Å². The van der Waals surface area contributed by atoms with Crippen molar-refractivity contribution in [2.24, 2.45) is 0 Å². The van der Waals surface area contributed by atoms with Crippen LogP contribution in [0.5, 0.6) is 5.75 Å². The monoisotopic (exact) mass is 220 g/mol. The number of hydrogen-bond acceptors (Lipinski definition) is 4. The molecule has 0 bridgehead atoms. The van der Waals surface area contributed by atoms with Crippen molar-refractivity contribution in [3.63, 3.8) is 0 Å². The van der Waals surface area contributed by atoms with E-state index in [1.165, 1.54) is 0 Å². The number of ether oxygens (including phenoxy) is 2. The smallest absolute Gasteiger partial charge is 0.189 e. The molecule has 0 atom stereocenters. The molecule has 0 amide bonds. The predicted molar refractivity (Wildman–Crippen MR) is 58.7 cm³/mol. The van der Waals surface area contributed by atoms with Gasteiger partial charge in [0.2, 0.25) is 0 Å². The lowest BCUT2D eigenvalue weighted by molar-refractivity contribution is 0.0233. The summed E-state index contributed by atoms with van der Waals surface area (Å²) in [5.41, 5.74) is 1.16. The highest BCUT2D eigenvalue weighted by Crippen LogP contribution is 2.28. The molecule has 1 heterocycles. The Morgan fingerprint density at radius 3 is 3.06 bits per heavy atom. The Morgan fingerprint density at radius 2 is 2.31 bits per heavy atom. The van der Waals surface area contributed by atoms with Crippen molar-refractivity contribution >= 4 is 17.3 Å². The molecule has 1 aromatic heterocycles. The van der Waals surface area contributed by atoms with Gasteiger partial charge in [-0.25, -0.2) is 0 Å². The topological polar surface area (TPSA) is 48.7 Å². The molecule has 84 valence electrons. The number of carbonyl (C=O) groups is 1. The van der Waals surface area contributed by atoms with E-state index in [-0.39, 0.29) is 6.79 Å². The number of carbonyl (C=O) groups excluding carboxylic acids is 1. The van der Waals surface area contributed by atoms with Gasteiger partial charge in [-0.1, -0.05) is 0 Å². The third kappa shape index (κ3) is 2.06. The molecule has 2 aromatic rings. The summed E-state index contributed by atoms with van der Waals surface area (Å²) in [5.74, 6) is 0.599. The van der Waals surface area contributed by atoms with Gasteiger partial charge in [0.1, 0.15) is 17.6 Å². The molecule has 0 aliphatic heterocycles. The maximum Gasteiger partial charge on any atom is 0.189 e. The zero-order valence-corrected chi connectivity index (χ0v) is 8.93. The highest BCUT2D eigenvalue weighted by Gasteiger charge is 2.07. The normalized spacial score (nSPS) is 10.6. The van der Waals surface area contributed by atoms with Crippen molar-refractivity contribution in [3.05, 3.63) is 30.0 Å². The maximum absolute atomic E-state index is 10.7. The zero-order chi connectivity index (χ0) is 11.4. The van der Waals surface area contributed by atoms with Crippen molar-refractivity contribution in [3.8, 4) is 5.75 Å². The Morgan fingerprint density at radius 1 is 1.44 bits per heavy atom. The minimum absolute atomic E-state index is 0.166. The Balaban J connectivity index is 2.33. The molecule has 4 heteroatoms. The zero-order valence-electron chi connectivity index (χ0n) is 8.93. The van der Waals surface area contributed by atoms with Gasteiger partial charge in [0.05, 0.1) is 11.6 Å². The van der Waals surface area contributed by atoms with E-state index in [9.17, 15) is 4.79 Å². The first-order chi connectivity index (χ1) is 7.85. The number of aldehydes is 1. The van der Waals surface area contributed by atoms with Crippen LogP contribution in [0.1, 0.15) is 17.3 Å². The first-order valence-corrected chi connectivity index (χ1v) is 5.02. The van der Waals surface area contributed by atoms with Crippen LogP contribution in [0.25, 0.3) is 11.0 Å². The summed E-state index contributed by atoms with van der Waals surface area (Å²) >= 11 is 0. The van der Waals surface area contributed by atoms with Crippen LogP contribution in [0.3, 0.4) is 0 Å². The molecule has 0 radical (unpaired) electrons. The molecular formula is C12H12O4. The van der Waals surface area contributed by atoms with Crippen LogP contribution in [0.2, 0.25) is 0 Å². The van der Waals surface area contributed by atoms with Crippen LogP contribution in [0.15, 0.2) is 28.9 Å². The summed E-state index contributed by atoms with van der Waals surface area (Å²) in [6, 6.07) is 5.14. The Hall–Kier alpha value is -1.81. The summed E-state index contributed by atoms with van der Waals surface area (Å²) in [7, 11) is 0. The van der Waals surface area contributed by atoms with Gasteiger partial charge in [0.25, 0.3) is 0 Å². The van der Waals surface area contributed by atoms with Gasteiger partial charge in [-0.2, -0.15) is 0 Å². The van der Waals surface area contributed by atoms with Crippen molar-refractivity contribution in [1.82, 2.24) is 0 Å². The van der Waals surface area contributed by atoms with Crippen LogP contribution < -0.4 is 4.74 Å². The predicted octanol–water partition coefficient (Wildman–Crippen LogP) is 2.62. The van der Waals surface area contributed by atoms with Crippen LogP contribution in [0.4, 0.5) is 0 Å². The third-order valence-electron chi connectivity index (χ3n) is 2.19. The van der Waals surface area contributed by atoms with Gasteiger partial charge < -0.3 is 13.9 Å². The van der Waals surface area contributed by atoms with Crippen LogP contribution >= 0.6 is 0 Å². The molecule has 2 rings (SSSR count). The standard InChI is InChI=1S/C12H12O4/c1-2-14-8-16-12-6-9(7-13)5-11-10(12)3-4-15-11/h3-7H,2,8H2,1H3. The van der Waals surface area contributed by atoms with E-state index in [1.54, 1.807) is 24.5 Å². The first kappa shape index (κ1) is 10.7. The van der Waals surface area contributed by atoms with E-state index >= 15 is 0 Å². The van der Waals surface area contributed by atoms with Gasteiger partial charge in [-0.3, -0.25) is 4.79 Å². The quantitative estimate of drug-likeness (QED) is 0.441. The van der Waals surface area contributed by atoms with Crippen molar-refractivity contribution in [2.45, 2.75) is 6.92 Å². The Labute approximate surface area is 92.8 Å². The molecule has 0 aliphatic rings. The molecule has 0 spiro atoms. The summed E-state index contributed by atoms with van der Waals surface area (Å²) in [6.45, 7) is 2.64. The first-order valence-electron chi connectivity index (χ1n) is 5.02. The lowest BCUT2D eigenvalue weighted by Crippen LogP contribution is -2.02. The highest BCUT2D eigenvalue weighted by atomic mass is 16.7. The fraction of sp³-hybridized carbons (Fsp3) is 0.250. The summed E-state index contributed by atoms with van der Waals surface area (Å²) < 4.78 is 15.7. The van der Waals surface area contributed by atoms with Gasteiger partial charge in [-0.15, -0.1) is 0 Å². The van der Waals surface area contributed by atoms with E-state index in [1.807, 2.05) is 6.92 Å².